The average molecular weight is 196 g/mol. The molecule has 1 heterocycles. The fraction of sp³-hybridized carbons (Fsp3) is 0.500. The number of methoxy groups -OCH3 is 1. The van der Waals surface area contributed by atoms with Crippen LogP contribution in [0.15, 0.2) is 17.1 Å². The minimum absolute atomic E-state index is 0.0909. The summed E-state index contributed by atoms with van der Waals surface area (Å²) in [6.07, 6.45) is 1.58. The van der Waals surface area contributed by atoms with Gasteiger partial charge in [0.05, 0.1) is 7.11 Å². The summed E-state index contributed by atoms with van der Waals surface area (Å²) in [5.74, 6) is 0.346. The second kappa shape index (κ2) is 4.81. The minimum Gasteiger partial charge on any atom is -0.491 e. The maximum atomic E-state index is 11.3. The van der Waals surface area contributed by atoms with Gasteiger partial charge in [-0.25, -0.2) is 0 Å². The Morgan fingerprint density at radius 1 is 1.57 bits per heavy atom. The van der Waals surface area contributed by atoms with Crippen molar-refractivity contribution in [3.8, 4) is 5.75 Å². The lowest BCUT2D eigenvalue weighted by molar-refractivity contribution is 0.408. The second-order valence-corrected chi connectivity index (χ2v) is 3.43. The van der Waals surface area contributed by atoms with Crippen molar-refractivity contribution in [1.82, 2.24) is 10.3 Å². The number of nitrogens with one attached hydrogen (secondary N) is 2. The molecule has 0 saturated carbocycles. The minimum atomic E-state index is -0.0909. The summed E-state index contributed by atoms with van der Waals surface area (Å²) in [6, 6.07) is 1.95. The van der Waals surface area contributed by atoms with Crippen LogP contribution in [0.5, 0.6) is 5.75 Å². The highest BCUT2D eigenvalue weighted by molar-refractivity contribution is 5.20. The predicted molar refractivity (Wildman–Crippen MR) is 55.6 cm³/mol. The van der Waals surface area contributed by atoms with Crippen molar-refractivity contribution in [2.75, 3.05) is 7.11 Å². The number of rotatable bonds is 4. The van der Waals surface area contributed by atoms with Crippen molar-refractivity contribution >= 4 is 0 Å². The Bertz CT molecular complexity index is 344. The Balaban J connectivity index is 2.72. The van der Waals surface area contributed by atoms with Crippen LogP contribution in [0.25, 0.3) is 0 Å². The summed E-state index contributed by atoms with van der Waals surface area (Å²) in [5.41, 5.74) is 0.774. The number of hydrogen-bond acceptors (Lipinski definition) is 3. The first-order chi connectivity index (χ1) is 6.63. The van der Waals surface area contributed by atoms with E-state index in [0.29, 0.717) is 18.3 Å². The van der Waals surface area contributed by atoms with E-state index in [1.54, 1.807) is 12.3 Å². The van der Waals surface area contributed by atoms with E-state index in [9.17, 15) is 4.79 Å². The van der Waals surface area contributed by atoms with Crippen LogP contribution in [0.1, 0.15) is 19.5 Å². The maximum absolute atomic E-state index is 11.3. The molecule has 0 fully saturated rings. The molecule has 0 saturated heterocycles. The van der Waals surface area contributed by atoms with Gasteiger partial charge in [0.15, 0.2) is 5.75 Å². The van der Waals surface area contributed by atoms with E-state index in [0.717, 1.165) is 5.69 Å². The molecule has 14 heavy (non-hydrogen) atoms. The van der Waals surface area contributed by atoms with Gasteiger partial charge in [-0.15, -0.1) is 0 Å². The van der Waals surface area contributed by atoms with Gasteiger partial charge in [-0.05, 0) is 0 Å². The molecule has 0 unspecified atom stereocenters. The van der Waals surface area contributed by atoms with Gasteiger partial charge in [-0.2, -0.15) is 0 Å². The van der Waals surface area contributed by atoms with Crippen molar-refractivity contribution in [3.63, 3.8) is 0 Å². The van der Waals surface area contributed by atoms with Crippen LogP contribution >= 0.6 is 0 Å². The third kappa shape index (κ3) is 2.88. The first-order valence-electron chi connectivity index (χ1n) is 4.62. The molecule has 4 nitrogen and oxygen atoms in total. The molecule has 1 aromatic rings. The molecule has 0 spiro atoms. The van der Waals surface area contributed by atoms with Crippen molar-refractivity contribution in [3.05, 3.63) is 28.2 Å². The van der Waals surface area contributed by atoms with Gasteiger partial charge >= 0.3 is 0 Å². The third-order valence-electron chi connectivity index (χ3n) is 1.86. The lowest BCUT2D eigenvalue weighted by Gasteiger charge is -2.08. The zero-order valence-corrected chi connectivity index (χ0v) is 8.76. The average Bonchev–Trinajstić information content (AvgIpc) is 2.15. The van der Waals surface area contributed by atoms with Crippen LogP contribution in [0.4, 0.5) is 0 Å². The summed E-state index contributed by atoms with van der Waals surface area (Å²) in [4.78, 5) is 14.3. The molecule has 0 bridgehead atoms. The van der Waals surface area contributed by atoms with Gasteiger partial charge in [-0.3, -0.25) is 4.79 Å². The molecule has 1 aromatic heterocycles. The van der Waals surface area contributed by atoms with Crippen LogP contribution in [0, 0.1) is 0 Å². The SMILES string of the molecule is COc1c[nH]c(CNC(C)C)cc1=O. The monoisotopic (exact) mass is 196 g/mol. The highest BCUT2D eigenvalue weighted by Crippen LogP contribution is 2.00. The van der Waals surface area contributed by atoms with E-state index < -0.39 is 0 Å². The number of aromatic amines is 1. The Hall–Kier alpha value is -1.29. The lowest BCUT2D eigenvalue weighted by Crippen LogP contribution is -2.23. The van der Waals surface area contributed by atoms with Gasteiger partial charge in [-0.1, -0.05) is 13.8 Å². The van der Waals surface area contributed by atoms with Crippen LogP contribution in [-0.2, 0) is 6.54 Å². The summed E-state index contributed by atoms with van der Waals surface area (Å²) >= 11 is 0. The zero-order chi connectivity index (χ0) is 10.6. The molecular formula is C10H16N2O2. The first-order valence-corrected chi connectivity index (χ1v) is 4.62. The van der Waals surface area contributed by atoms with Crippen LogP contribution < -0.4 is 15.5 Å². The van der Waals surface area contributed by atoms with Gasteiger partial charge in [0.25, 0.3) is 0 Å². The van der Waals surface area contributed by atoms with Crippen LogP contribution in [0.2, 0.25) is 0 Å². The number of hydrogen-bond donors (Lipinski definition) is 2. The van der Waals surface area contributed by atoms with E-state index in [-0.39, 0.29) is 5.43 Å². The number of pyridine rings is 1. The molecule has 4 heteroatoms. The van der Waals surface area contributed by atoms with E-state index >= 15 is 0 Å². The summed E-state index contributed by atoms with van der Waals surface area (Å²) in [6.45, 7) is 4.78. The van der Waals surface area contributed by atoms with Crippen LogP contribution in [0.3, 0.4) is 0 Å². The van der Waals surface area contributed by atoms with E-state index in [2.05, 4.69) is 24.1 Å². The normalized spacial score (nSPS) is 10.6. The highest BCUT2D eigenvalue weighted by atomic mass is 16.5. The smallest absolute Gasteiger partial charge is 0.223 e. The zero-order valence-electron chi connectivity index (χ0n) is 8.76. The maximum Gasteiger partial charge on any atom is 0.223 e. The second-order valence-electron chi connectivity index (χ2n) is 3.43. The van der Waals surface area contributed by atoms with Crippen molar-refractivity contribution in [2.24, 2.45) is 0 Å². The van der Waals surface area contributed by atoms with Gasteiger partial charge in [0, 0.05) is 30.5 Å². The van der Waals surface area contributed by atoms with Crippen molar-refractivity contribution in [2.45, 2.75) is 26.4 Å². The third-order valence-corrected chi connectivity index (χ3v) is 1.86. The van der Waals surface area contributed by atoms with Gasteiger partial charge in [0.1, 0.15) is 0 Å². The molecule has 0 aliphatic heterocycles. The van der Waals surface area contributed by atoms with Gasteiger partial charge < -0.3 is 15.0 Å². The molecule has 0 atom stereocenters. The van der Waals surface area contributed by atoms with Crippen molar-refractivity contribution in [1.29, 1.82) is 0 Å². The Morgan fingerprint density at radius 2 is 2.29 bits per heavy atom. The number of aromatic nitrogens is 1. The molecule has 0 aliphatic carbocycles. The molecule has 1 rings (SSSR count). The van der Waals surface area contributed by atoms with Crippen molar-refractivity contribution < 1.29 is 4.74 Å². The Labute approximate surface area is 83.3 Å². The van der Waals surface area contributed by atoms with Gasteiger partial charge in [0.2, 0.25) is 5.43 Å². The quantitative estimate of drug-likeness (QED) is 0.751. The van der Waals surface area contributed by atoms with E-state index in [1.165, 1.54) is 7.11 Å². The van der Waals surface area contributed by atoms with Crippen LogP contribution in [-0.4, -0.2) is 18.1 Å². The summed E-state index contributed by atoms with van der Waals surface area (Å²) in [5, 5.41) is 3.22. The summed E-state index contributed by atoms with van der Waals surface area (Å²) in [7, 11) is 1.48. The molecule has 0 amide bonds. The lowest BCUT2D eigenvalue weighted by atomic mass is 10.3. The Kier molecular flexibility index (Phi) is 3.71. The number of ether oxygens (including phenoxy) is 1. The molecule has 0 aromatic carbocycles. The number of H-pyrrole nitrogens is 1. The standard InChI is InChI=1S/C10H16N2O2/c1-7(2)11-5-8-4-9(13)10(14-3)6-12-8/h4,6-7,11H,5H2,1-3H3,(H,12,13). The Morgan fingerprint density at radius 3 is 2.79 bits per heavy atom. The molecule has 2 N–H and O–H groups in total. The molecule has 0 radical (unpaired) electrons. The fourth-order valence-electron chi connectivity index (χ4n) is 1.08. The van der Waals surface area contributed by atoms with E-state index in [1.807, 2.05) is 0 Å². The largest absolute Gasteiger partial charge is 0.491 e. The van der Waals surface area contributed by atoms with E-state index in [4.69, 9.17) is 4.74 Å². The predicted octanol–water partition coefficient (Wildman–Crippen LogP) is 0.881. The topological polar surface area (TPSA) is 54.1 Å². The fourth-order valence-corrected chi connectivity index (χ4v) is 1.08. The molecular weight excluding hydrogens is 180 g/mol. The molecule has 0 aliphatic rings. The first kappa shape index (κ1) is 10.8. The summed E-state index contributed by atoms with van der Waals surface area (Å²) < 4.78 is 4.86. The molecule has 78 valence electrons. The highest BCUT2D eigenvalue weighted by Gasteiger charge is 2.00.